The Hall–Kier alpha value is -3.24. The van der Waals surface area contributed by atoms with Crippen LogP contribution in [0.4, 0.5) is 0 Å². The summed E-state index contributed by atoms with van der Waals surface area (Å²) < 4.78 is 7.43. The molecule has 0 unspecified atom stereocenters. The van der Waals surface area contributed by atoms with Gasteiger partial charge in [0.25, 0.3) is 5.91 Å². The highest BCUT2D eigenvalue weighted by molar-refractivity contribution is 7.16. The number of ether oxygens (including phenoxy) is 1. The van der Waals surface area contributed by atoms with Gasteiger partial charge in [0, 0.05) is 5.56 Å². The number of carbonyl (C=O) groups is 2. The summed E-state index contributed by atoms with van der Waals surface area (Å²) in [5.74, 6) is -0.486. The molecule has 6 nitrogen and oxygen atoms in total. The van der Waals surface area contributed by atoms with Crippen molar-refractivity contribution in [3.63, 3.8) is 0 Å². The number of carbonyl (C=O) groups excluding carboxylic acids is 2. The van der Waals surface area contributed by atoms with Gasteiger partial charge >= 0.3 is 5.97 Å². The van der Waals surface area contributed by atoms with Gasteiger partial charge in [0.2, 0.25) is 0 Å². The van der Waals surface area contributed by atoms with E-state index in [4.69, 9.17) is 10.00 Å². The fraction of sp³-hybridized carbons (Fsp3) is 0.238. The third-order valence-electron chi connectivity index (χ3n) is 4.35. The summed E-state index contributed by atoms with van der Waals surface area (Å²) in [4.78, 5) is 29.1. The summed E-state index contributed by atoms with van der Waals surface area (Å²) in [6, 6.07) is 14.3. The summed E-state index contributed by atoms with van der Waals surface area (Å²) >= 11 is 1.35. The van der Waals surface area contributed by atoms with Gasteiger partial charge in [-0.2, -0.15) is 10.3 Å². The van der Waals surface area contributed by atoms with E-state index in [1.807, 2.05) is 18.2 Å². The van der Waals surface area contributed by atoms with Crippen LogP contribution in [0.5, 0.6) is 0 Å². The molecule has 0 spiro atoms. The van der Waals surface area contributed by atoms with Gasteiger partial charge in [0.1, 0.15) is 6.54 Å². The van der Waals surface area contributed by atoms with Gasteiger partial charge in [0.15, 0.2) is 4.80 Å². The molecule has 2 aromatic carbocycles. The molecule has 3 rings (SSSR count). The number of hydrogen-bond donors (Lipinski definition) is 0. The zero-order chi connectivity index (χ0) is 20.3. The summed E-state index contributed by atoms with van der Waals surface area (Å²) in [7, 11) is 1.33. The number of aromatic nitrogens is 1. The predicted octanol–water partition coefficient (Wildman–Crippen LogP) is 3.61. The molecule has 1 heterocycles. The largest absolute Gasteiger partial charge is 0.468 e. The highest BCUT2D eigenvalue weighted by atomic mass is 32.1. The minimum absolute atomic E-state index is 0.0307. The highest BCUT2D eigenvalue weighted by Crippen LogP contribution is 2.23. The zero-order valence-corrected chi connectivity index (χ0v) is 16.6. The maximum Gasteiger partial charge on any atom is 0.325 e. The van der Waals surface area contributed by atoms with Crippen molar-refractivity contribution in [1.82, 2.24) is 4.57 Å². The molecule has 0 saturated carbocycles. The number of esters is 1. The van der Waals surface area contributed by atoms with Crippen molar-refractivity contribution in [2.24, 2.45) is 4.99 Å². The molecule has 0 fully saturated rings. The van der Waals surface area contributed by atoms with E-state index in [-0.39, 0.29) is 6.54 Å². The van der Waals surface area contributed by atoms with E-state index in [2.05, 4.69) is 24.9 Å². The van der Waals surface area contributed by atoms with Gasteiger partial charge in [-0.1, -0.05) is 31.3 Å². The van der Waals surface area contributed by atoms with Crippen molar-refractivity contribution in [2.75, 3.05) is 7.11 Å². The van der Waals surface area contributed by atoms with Crippen LogP contribution in [0.1, 0.15) is 41.3 Å². The van der Waals surface area contributed by atoms with Crippen LogP contribution in [-0.4, -0.2) is 23.6 Å². The molecule has 142 valence electrons. The van der Waals surface area contributed by atoms with E-state index in [1.54, 1.807) is 28.8 Å². The fourth-order valence-corrected chi connectivity index (χ4v) is 3.80. The van der Waals surface area contributed by atoms with Gasteiger partial charge in [-0.25, -0.2) is 0 Å². The lowest BCUT2D eigenvalue weighted by Gasteiger charge is -2.06. The molecule has 7 heteroatoms. The van der Waals surface area contributed by atoms with Crippen molar-refractivity contribution in [3.8, 4) is 6.07 Å². The Balaban J connectivity index is 2.12. The average molecular weight is 393 g/mol. The van der Waals surface area contributed by atoms with Gasteiger partial charge in [-0.15, -0.1) is 0 Å². The van der Waals surface area contributed by atoms with Crippen LogP contribution in [0.2, 0.25) is 0 Å². The summed E-state index contributed by atoms with van der Waals surface area (Å²) in [5.41, 5.74) is 2.85. The van der Waals surface area contributed by atoms with Crippen molar-refractivity contribution >= 4 is 33.4 Å². The Morgan fingerprint density at radius 2 is 1.93 bits per heavy atom. The lowest BCUT2D eigenvalue weighted by atomic mass is 10.0. The molecule has 1 amide bonds. The van der Waals surface area contributed by atoms with Crippen LogP contribution < -0.4 is 4.80 Å². The van der Waals surface area contributed by atoms with Crippen molar-refractivity contribution < 1.29 is 14.3 Å². The number of benzene rings is 2. The molecule has 0 aliphatic carbocycles. The fourth-order valence-electron chi connectivity index (χ4n) is 2.72. The molecule has 1 aromatic heterocycles. The molecular formula is C21H19N3O3S. The smallest absolute Gasteiger partial charge is 0.325 e. The Morgan fingerprint density at radius 1 is 1.21 bits per heavy atom. The first-order chi connectivity index (χ1) is 13.4. The first-order valence-electron chi connectivity index (χ1n) is 8.72. The predicted molar refractivity (Wildman–Crippen MR) is 107 cm³/mol. The van der Waals surface area contributed by atoms with Crippen LogP contribution in [0.15, 0.2) is 47.5 Å². The third-order valence-corrected chi connectivity index (χ3v) is 5.39. The van der Waals surface area contributed by atoms with Crippen LogP contribution in [0.25, 0.3) is 10.2 Å². The monoisotopic (exact) mass is 393 g/mol. The number of methoxy groups -OCH3 is 1. The summed E-state index contributed by atoms with van der Waals surface area (Å²) in [5, 5.41) is 8.88. The van der Waals surface area contributed by atoms with E-state index in [9.17, 15) is 9.59 Å². The molecule has 0 aliphatic heterocycles. The lowest BCUT2D eigenvalue weighted by molar-refractivity contribution is -0.141. The number of nitriles is 1. The Kier molecular flexibility index (Phi) is 5.71. The lowest BCUT2D eigenvalue weighted by Crippen LogP contribution is -2.22. The molecule has 0 saturated heterocycles. The molecule has 0 N–H and O–H groups in total. The van der Waals surface area contributed by atoms with E-state index in [0.29, 0.717) is 21.8 Å². The standard InChI is InChI=1S/C21H19N3O3S/c1-13(2)16-8-9-17-18(10-16)28-21(24(17)12-19(25)27-3)23-20(26)15-6-4-14(11-22)5-7-15/h4-10,13H,12H2,1-3H3. The van der Waals surface area contributed by atoms with E-state index in [1.165, 1.54) is 24.0 Å². The number of rotatable bonds is 4. The van der Waals surface area contributed by atoms with Crippen LogP contribution in [0.3, 0.4) is 0 Å². The second kappa shape index (κ2) is 8.19. The maximum atomic E-state index is 12.6. The number of thiazole rings is 1. The topological polar surface area (TPSA) is 84.5 Å². The van der Waals surface area contributed by atoms with Gasteiger partial charge in [0.05, 0.1) is 29.0 Å². The van der Waals surface area contributed by atoms with Crippen molar-refractivity contribution in [1.29, 1.82) is 5.26 Å². The van der Waals surface area contributed by atoms with Crippen LogP contribution in [0, 0.1) is 11.3 Å². The van der Waals surface area contributed by atoms with E-state index in [0.717, 1.165) is 10.2 Å². The van der Waals surface area contributed by atoms with E-state index >= 15 is 0 Å². The van der Waals surface area contributed by atoms with Crippen molar-refractivity contribution in [2.45, 2.75) is 26.3 Å². The molecular weight excluding hydrogens is 374 g/mol. The second-order valence-electron chi connectivity index (χ2n) is 6.53. The van der Waals surface area contributed by atoms with Gasteiger partial charge < -0.3 is 9.30 Å². The Morgan fingerprint density at radius 3 is 2.54 bits per heavy atom. The average Bonchev–Trinajstić information content (AvgIpc) is 3.03. The number of fused-ring (bicyclic) bond motifs is 1. The van der Waals surface area contributed by atoms with E-state index < -0.39 is 11.9 Å². The van der Waals surface area contributed by atoms with Gasteiger partial charge in [-0.3, -0.25) is 9.59 Å². The molecule has 0 radical (unpaired) electrons. The number of amides is 1. The Labute approximate surface area is 166 Å². The minimum Gasteiger partial charge on any atom is -0.468 e. The molecule has 0 aliphatic rings. The molecule has 3 aromatic rings. The summed E-state index contributed by atoms with van der Waals surface area (Å²) in [6.07, 6.45) is 0. The van der Waals surface area contributed by atoms with Gasteiger partial charge in [-0.05, 0) is 47.9 Å². The number of hydrogen-bond acceptors (Lipinski definition) is 5. The first-order valence-corrected chi connectivity index (χ1v) is 9.54. The molecule has 0 bridgehead atoms. The Bertz CT molecular complexity index is 1150. The molecule has 28 heavy (non-hydrogen) atoms. The SMILES string of the molecule is COC(=O)Cn1c(=NC(=O)c2ccc(C#N)cc2)sc2cc(C(C)C)ccc21. The third kappa shape index (κ3) is 4.02. The second-order valence-corrected chi connectivity index (χ2v) is 7.54. The normalized spacial score (nSPS) is 11.6. The minimum atomic E-state index is -0.432. The number of nitrogens with zero attached hydrogens (tertiary/aromatic N) is 3. The van der Waals surface area contributed by atoms with Crippen LogP contribution >= 0.6 is 11.3 Å². The zero-order valence-electron chi connectivity index (χ0n) is 15.8. The van der Waals surface area contributed by atoms with Crippen molar-refractivity contribution in [3.05, 3.63) is 64.0 Å². The quantitative estimate of drug-likeness (QED) is 0.634. The highest BCUT2D eigenvalue weighted by Gasteiger charge is 2.13. The maximum absolute atomic E-state index is 12.6. The molecule has 0 atom stereocenters. The van der Waals surface area contributed by atoms with Crippen LogP contribution in [-0.2, 0) is 16.1 Å². The first kappa shape index (κ1) is 19.5. The summed E-state index contributed by atoms with van der Waals surface area (Å²) in [6.45, 7) is 4.19.